The molecule has 0 saturated heterocycles. The van der Waals surface area contributed by atoms with Crippen molar-refractivity contribution in [3.63, 3.8) is 0 Å². The molecule has 0 amide bonds. The molecule has 1 aliphatic carbocycles. The molecule has 2 aromatic carbocycles. The van der Waals surface area contributed by atoms with Crippen molar-refractivity contribution in [1.29, 1.82) is 0 Å². The molecule has 1 N–H and O–H groups in total. The molecule has 2 heterocycles. The number of benzene rings is 2. The second-order valence-electron chi connectivity index (χ2n) is 14.8. The molecule has 1 aliphatic rings. The van der Waals surface area contributed by atoms with E-state index in [1.807, 2.05) is 27.7 Å². The zero-order valence-electron chi connectivity index (χ0n) is 31.6. The van der Waals surface area contributed by atoms with Crippen LogP contribution in [0.1, 0.15) is 113 Å². The number of carboxylic acid groups (broad SMARTS) is 1. The summed E-state index contributed by atoms with van der Waals surface area (Å²) >= 11 is 2.19. The molecule has 4 aromatic rings. The SMILES string of the molecule is CC(C)c1oc(-c2ccc(C(F)(F)F)cc2)nc1CI.CC(C)c1oc(-c2ccc(C(F)(F)F)cc2)nc1COC[C@@H]1CCC[C@H](COC(C)(C)C(=O)O)C1. The van der Waals surface area contributed by atoms with Crippen molar-refractivity contribution in [2.45, 2.75) is 108 Å². The number of hydrogen-bond donors (Lipinski definition) is 1. The van der Waals surface area contributed by atoms with Gasteiger partial charge in [-0.25, -0.2) is 14.8 Å². The van der Waals surface area contributed by atoms with Crippen LogP contribution in [0.5, 0.6) is 0 Å². The van der Waals surface area contributed by atoms with Crippen molar-refractivity contribution < 1.29 is 54.6 Å². The minimum Gasteiger partial charge on any atom is -0.479 e. The molecule has 15 heteroatoms. The van der Waals surface area contributed by atoms with E-state index in [2.05, 4.69) is 32.6 Å². The van der Waals surface area contributed by atoms with Crippen LogP contribution >= 0.6 is 22.6 Å². The summed E-state index contributed by atoms with van der Waals surface area (Å²) in [4.78, 5) is 20.1. The lowest BCUT2D eigenvalue weighted by Crippen LogP contribution is -2.37. The Kier molecular flexibility index (Phi) is 15.0. The van der Waals surface area contributed by atoms with Gasteiger partial charge in [-0.15, -0.1) is 0 Å². The van der Waals surface area contributed by atoms with E-state index in [0.717, 1.165) is 61.4 Å². The predicted molar refractivity (Wildman–Crippen MR) is 203 cm³/mol. The van der Waals surface area contributed by atoms with Gasteiger partial charge in [0.1, 0.15) is 17.2 Å². The van der Waals surface area contributed by atoms with Crippen molar-refractivity contribution in [3.8, 4) is 22.9 Å². The first-order valence-corrected chi connectivity index (χ1v) is 19.6. The largest absolute Gasteiger partial charge is 0.479 e. The Hall–Kier alpha value is -3.44. The highest BCUT2D eigenvalue weighted by Gasteiger charge is 2.33. The van der Waals surface area contributed by atoms with Crippen LogP contribution in [0.4, 0.5) is 26.3 Å². The van der Waals surface area contributed by atoms with Crippen LogP contribution in [0.3, 0.4) is 0 Å². The molecule has 0 aliphatic heterocycles. The van der Waals surface area contributed by atoms with Crippen LogP contribution in [0.25, 0.3) is 22.9 Å². The van der Waals surface area contributed by atoms with Gasteiger partial charge in [-0.1, -0.05) is 56.7 Å². The summed E-state index contributed by atoms with van der Waals surface area (Å²) in [5.74, 6) is 1.98. The number of carboxylic acids is 1. The van der Waals surface area contributed by atoms with Crippen LogP contribution in [0, 0.1) is 11.8 Å². The Bertz CT molecular complexity index is 1830. The fraction of sp³-hybridized carbons (Fsp3) is 0.525. The second-order valence-corrected chi connectivity index (χ2v) is 15.6. The molecule has 5 rings (SSSR count). The molecule has 1 saturated carbocycles. The summed E-state index contributed by atoms with van der Waals surface area (Å²) in [7, 11) is 0. The fourth-order valence-electron chi connectivity index (χ4n) is 6.09. The van der Waals surface area contributed by atoms with Crippen LogP contribution in [0.15, 0.2) is 57.4 Å². The minimum absolute atomic E-state index is 0.0399. The van der Waals surface area contributed by atoms with Crippen molar-refractivity contribution in [2.24, 2.45) is 11.8 Å². The van der Waals surface area contributed by atoms with E-state index in [9.17, 15) is 36.2 Å². The molecule has 0 radical (unpaired) electrons. The molecule has 55 heavy (non-hydrogen) atoms. The van der Waals surface area contributed by atoms with Gasteiger partial charge in [0.05, 0.1) is 30.0 Å². The van der Waals surface area contributed by atoms with Crippen molar-refractivity contribution in [2.75, 3.05) is 13.2 Å². The lowest BCUT2D eigenvalue weighted by molar-refractivity contribution is -0.163. The fourth-order valence-corrected chi connectivity index (χ4v) is 6.64. The van der Waals surface area contributed by atoms with Gasteiger partial charge >= 0.3 is 18.3 Å². The van der Waals surface area contributed by atoms with Gasteiger partial charge in [0, 0.05) is 34.0 Å². The Labute approximate surface area is 330 Å². The normalized spacial score (nSPS) is 16.7. The van der Waals surface area contributed by atoms with Gasteiger partial charge in [-0.2, -0.15) is 26.3 Å². The van der Waals surface area contributed by atoms with Crippen LogP contribution in [-0.2, 0) is 37.7 Å². The van der Waals surface area contributed by atoms with Gasteiger partial charge < -0.3 is 23.4 Å². The van der Waals surface area contributed by atoms with Crippen molar-refractivity contribution in [3.05, 3.63) is 82.6 Å². The standard InChI is InChI=1S/C26H34F3NO5.C14H13F3INO/c1-16(2)22-21(30-23(35-22)19-8-10-20(11-9-19)26(27,28)29)15-33-13-17-6-5-7-18(12-17)14-34-25(3,4)24(31)32;1-8(2)12-11(7-18)19-13(20-12)9-3-5-10(6-4-9)14(15,16)17/h8-11,16-18H,5-7,12-15H2,1-4H3,(H,31,32);3-6,8H,7H2,1-2H3/t17-,18+;/m1./s1. The Morgan fingerprint density at radius 1 is 0.782 bits per heavy atom. The molecule has 0 bridgehead atoms. The van der Waals surface area contributed by atoms with E-state index in [4.69, 9.17) is 18.3 Å². The average molecular weight is 893 g/mol. The number of aliphatic carboxylic acids is 1. The first-order chi connectivity index (χ1) is 25.7. The zero-order valence-corrected chi connectivity index (χ0v) is 33.8. The summed E-state index contributed by atoms with van der Waals surface area (Å²) in [5, 5.41) is 9.22. The summed E-state index contributed by atoms with van der Waals surface area (Å²) in [6.45, 7) is 12.2. The monoisotopic (exact) mass is 892 g/mol. The van der Waals surface area contributed by atoms with Crippen LogP contribution in [-0.4, -0.2) is 39.9 Å². The highest BCUT2D eigenvalue weighted by molar-refractivity contribution is 14.1. The lowest BCUT2D eigenvalue weighted by Gasteiger charge is -2.31. The number of alkyl halides is 7. The van der Waals surface area contributed by atoms with Gasteiger partial charge in [0.25, 0.3) is 0 Å². The molecular weight excluding hydrogens is 845 g/mol. The molecule has 302 valence electrons. The number of halogens is 7. The van der Waals surface area contributed by atoms with Gasteiger partial charge in [0.15, 0.2) is 5.60 Å². The van der Waals surface area contributed by atoms with Crippen molar-refractivity contribution >= 4 is 28.6 Å². The number of aromatic nitrogens is 2. The Morgan fingerprint density at radius 3 is 1.62 bits per heavy atom. The lowest BCUT2D eigenvalue weighted by atomic mass is 9.82. The van der Waals surface area contributed by atoms with Crippen LogP contribution in [0.2, 0.25) is 0 Å². The topological polar surface area (TPSA) is 108 Å². The van der Waals surface area contributed by atoms with E-state index in [1.54, 1.807) is 13.8 Å². The zero-order chi connectivity index (χ0) is 40.7. The third-order valence-electron chi connectivity index (χ3n) is 9.23. The summed E-state index contributed by atoms with van der Waals surface area (Å²) in [6, 6.07) is 9.61. The Morgan fingerprint density at radius 2 is 1.22 bits per heavy atom. The second kappa shape index (κ2) is 18.7. The van der Waals surface area contributed by atoms with Gasteiger partial charge in [0.2, 0.25) is 11.8 Å². The number of rotatable bonds is 13. The maximum absolute atomic E-state index is 12.9. The maximum Gasteiger partial charge on any atom is 0.416 e. The Balaban J connectivity index is 0.000000284. The number of hydrogen-bond acceptors (Lipinski definition) is 7. The molecule has 2 aromatic heterocycles. The number of oxazole rings is 2. The summed E-state index contributed by atoms with van der Waals surface area (Å²) in [5.41, 5.74) is -0.0750. The highest BCUT2D eigenvalue weighted by atomic mass is 127. The molecule has 0 spiro atoms. The summed E-state index contributed by atoms with van der Waals surface area (Å²) in [6.07, 6.45) is -4.74. The maximum atomic E-state index is 12.9. The van der Waals surface area contributed by atoms with E-state index in [1.165, 1.54) is 24.3 Å². The smallest absolute Gasteiger partial charge is 0.416 e. The third kappa shape index (κ3) is 12.3. The van der Waals surface area contributed by atoms with Gasteiger partial charge in [-0.3, -0.25) is 0 Å². The number of nitrogens with zero attached hydrogens (tertiary/aromatic N) is 2. The first kappa shape index (κ1) is 44.3. The highest BCUT2D eigenvalue weighted by Crippen LogP contribution is 2.35. The predicted octanol–water partition coefficient (Wildman–Crippen LogP) is 12.1. The van der Waals surface area contributed by atoms with E-state index in [-0.39, 0.29) is 24.3 Å². The van der Waals surface area contributed by atoms with E-state index >= 15 is 0 Å². The minimum atomic E-state index is -4.39. The third-order valence-corrected chi connectivity index (χ3v) is 9.95. The van der Waals surface area contributed by atoms with Crippen molar-refractivity contribution in [1.82, 2.24) is 9.97 Å². The molecule has 8 nitrogen and oxygen atoms in total. The average Bonchev–Trinajstić information content (AvgIpc) is 3.76. The van der Waals surface area contributed by atoms with Gasteiger partial charge in [-0.05, 0) is 93.5 Å². The first-order valence-electron chi connectivity index (χ1n) is 18.0. The quantitative estimate of drug-likeness (QED) is 0.0803. The molecular formula is C40H47F6IN2O6. The number of carbonyl (C=O) groups is 1. The van der Waals surface area contributed by atoms with Crippen LogP contribution < -0.4 is 0 Å². The van der Waals surface area contributed by atoms with E-state index in [0.29, 0.717) is 57.9 Å². The number of ether oxygens (including phenoxy) is 2. The molecule has 2 atom stereocenters. The molecule has 0 unspecified atom stereocenters. The molecule has 1 fully saturated rings. The van der Waals surface area contributed by atoms with E-state index < -0.39 is 35.0 Å². The summed E-state index contributed by atoms with van der Waals surface area (Å²) < 4.78 is 100.